The molecule has 1 amide bonds. The van der Waals surface area contributed by atoms with Crippen molar-refractivity contribution >= 4 is 28.9 Å². The van der Waals surface area contributed by atoms with Crippen molar-refractivity contribution in [3.8, 4) is 17.3 Å². The number of amides is 1. The molecule has 2 N–H and O–H groups in total. The molecule has 35 heavy (non-hydrogen) atoms. The topological polar surface area (TPSA) is 108 Å². The second kappa shape index (κ2) is 9.57. The third kappa shape index (κ3) is 5.07. The number of aromatic nitrogens is 4. The Kier molecular flexibility index (Phi) is 6.01. The number of para-hydroxylation sites is 1. The van der Waals surface area contributed by atoms with E-state index >= 15 is 0 Å². The summed E-state index contributed by atoms with van der Waals surface area (Å²) in [4.78, 5) is 21.2. The highest BCUT2D eigenvalue weighted by atomic mass is 19.1. The van der Waals surface area contributed by atoms with Gasteiger partial charge < -0.3 is 10.6 Å². The number of carbonyl (C=O) groups is 1. The van der Waals surface area contributed by atoms with E-state index in [1.165, 1.54) is 6.08 Å². The zero-order chi connectivity index (χ0) is 24.2. The molecule has 0 unspecified atom stereocenters. The van der Waals surface area contributed by atoms with Gasteiger partial charge in [-0.05, 0) is 36.8 Å². The zero-order valence-electron chi connectivity index (χ0n) is 18.6. The fraction of sp³-hybridized carbons (Fsp3) is 0.115. The van der Waals surface area contributed by atoms with Gasteiger partial charge in [-0.1, -0.05) is 35.9 Å². The van der Waals surface area contributed by atoms with Crippen LogP contribution in [-0.2, 0) is 4.79 Å². The number of rotatable bonds is 6. The molecule has 0 saturated carbocycles. The van der Waals surface area contributed by atoms with Crippen LogP contribution < -0.4 is 10.6 Å². The quantitative estimate of drug-likeness (QED) is 0.400. The van der Waals surface area contributed by atoms with Gasteiger partial charge in [0.15, 0.2) is 5.65 Å². The lowest BCUT2D eigenvalue weighted by molar-refractivity contribution is -0.115. The summed E-state index contributed by atoms with van der Waals surface area (Å²) in [7, 11) is 0. The van der Waals surface area contributed by atoms with Gasteiger partial charge in [0.2, 0.25) is 11.9 Å². The molecule has 4 aromatic rings. The van der Waals surface area contributed by atoms with E-state index in [4.69, 9.17) is 0 Å². The average molecular weight is 465 g/mol. The molecular weight excluding hydrogens is 445 g/mol. The molecular formula is C26H20FN7O. The van der Waals surface area contributed by atoms with Crippen molar-refractivity contribution in [3.05, 3.63) is 90.0 Å². The van der Waals surface area contributed by atoms with Crippen LogP contribution in [0.5, 0.6) is 0 Å². The van der Waals surface area contributed by atoms with Crippen molar-refractivity contribution in [1.29, 1.82) is 5.26 Å². The van der Waals surface area contributed by atoms with Crippen LogP contribution in [-0.4, -0.2) is 25.5 Å². The summed E-state index contributed by atoms with van der Waals surface area (Å²) in [5, 5.41) is 19.6. The van der Waals surface area contributed by atoms with E-state index in [0.717, 1.165) is 11.1 Å². The molecule has 9 heteroatoms. The highest BCUT2D eigenvalue weighted by Gasteiger charge is 2.12. The molecule has 0 spiro atoms. The second-order valence-electron chi connectivity index (χ2n) is 8.03. The molecule has 1 aliphatic rings. The van der Waals surface area contributed by atoms with E-state index in [1.54, 1.807) is 53.3 Å². The number of allylic oxidation sites excluding steroid dienone is 3. The van der Waals surface area contributed by atoms with E-state index < -0.39 is 0 Å². The fourth-order valence-corrected chi connectivity index (χ4v) is 3.74. The Balaban J connectivity index is 1.28. The van der Waals surface area contributed by atoms with Crippen molar-refractivity contribution in [2.45, 2.75) is 19.3 Å². The highest BCUT2D eigenvalue weighted by molar-refractivity contribution is 5.92. The van der Waals surface area contributed by atoms with E-state index in [-0.39, 0.29) is 18.2 Å². The van der Waals surface area contributed by atoms with Crippen LogP contribution in [0.25, 0.3) is 16.9 Å². The molecule has 0 atom stereocenters. The lowest BCUT2D eigenvalue weighted by Gasteiger charge is -2.11. The van der Waals surface area contributed by atoms with Crippen LogP contribution in [0.4, 0.5) is 21.7 Å². The number of nitrogens with one attached hydrogen (secondary N) is 2. The Morgan fingerprint density at radius 3 is 2.71 bits per heavy atom. The summed E-state index contributed by atoms with van der Waals surface area (Å²) in [6.07, 6.45) is 7.63. The van der Waals surface area contributed by atoms with Crippen LogP contribution in [0.2, 0.25) is 0 Å². The maximum absolute atomic E-state index is 13.1. The van der Waals surface area contributed by atoms with Crippen LogP contribution in [0.15, 0.2) is 84.5 Å². The van der Waals surface area contributed by atoms with Gasteiger partial charge in [0, 0.05) is 24.1 Å². The Hall–Kier alpha value is -4.84. The molecule has 2 heterocycles. The summed E-state index contributed by atoms with van der Waals surface area (Å²) in [6, 6.07) is 16.6. The number of hydrogen-bond acceptors (Lipinski definition) is 6. The van der Waals surface area contributed by atoms with Crippen molar-refractivity contribution in [1.82, 2.24) is 19.6 Å². The molecule has 0 bridgehead atoms. The van der Waals surface area contributed by atoms with Crippen LogP contribution >= 0.6 is 0 Å². The van der Waals surface area contributed by atoms with Gasteiger partial charge in [-0.25, -0.2) is 8.91 Å². The molecule has 0 aliphatic heterocycles. The van der Waals surface area contributed by atoms with Crippen molar-refractivity contribution in [3.63, 3.8) is 0 Å². The molecule has 0 saturated heterocycles. The fourth-order valence-electron chi connectivity index (χ4n) is 3.74. The Morgan fingerprint density at radius 1 is 1.11 bits per heavy atom. The average Bonchev–Trinajstić information content (AvgIpc) is 3.28. The summed E-state index contributed by atoms with van der Waals surface area (Å²) in [5.41, 5.74) is 4.79. The van der Waals surface area contributed by atoms with Gasteiger partial charge in [-0.3, -0.25) is 9.78 Å². The third-order valence-electron chi connectivity index (χ3n) is 5.55. The number of nitriles is 1. The Bertz CT molecular complexity index is 1510. The van der Waals surface area contributed by atoms with Gasteiger partial charge in [0.1, 0.15) is 11.9 Å². The molecule has 1 aliphatic carbocycles. The van der Waals surface area contributed by atoms with Crippen LogP contribution in [0.3, 0.4) is 0 Å². The first-order valence-corrected chi connectivity index (χ1v) is 11.0. The lowest BCUT2D eigenvalue weighted by Crippen LogP contribution is -2.12. The standard InChI is InChI=1S/C26H20FN7O/c27-20-9-5-17(6-10-20)13-25(35)30-21-11-7-18(8-12-21)23-16-34-24(15-29-23)32-26(33-34)31-22-4-2-1-3-19(22)14-28/h1-5,7-9,11-12,15-16H,6,10,13H2,(H,30,35)(H,31,33). The zero-order valence-corrected chi connectivity index (χ0v) is 18.6. The number of benzene rings is 2. The second-order valence-corrected chi connectivity index (χ2v) is 8.03. The minimum Gasteiger partial charge on any atom is -0.326 e. The van der Waals surface area contributed by atoms with E-state index in [2.05, 4.69) is 31.8 Å². The molecule has 8 nitrogen and oxygen atoms in total. The van der Waals surface area contributed by atoms with Gasteiger partial charge in [-0.15, -0.1) is 5.10 Å². The monoisotopic (exact) mass is 465 g/mol. The summed E-state index contributed by atoms with van der Waals surface area (Å²) >= 11 is 0. The summed E-state index contributed by atoms with van der Waals surface area (Å²) in [5.74, 6) is 0.0649. The van der Waals surface area contributed by atoms with Gasteiger partial charge in [0.25, 0.3) is 0 Å². The Morgan fingerprint density at radius 2 is 1.94 bits per heavy atom. The number of hydrogen-bond donors (Lipinski definition) is 2. The lowest BCUT2D eigenvalue weighted by atomic mass is 10.0. The van der Waals surface area contributed by atoms with Gasteiger partial charge in [-0.2, -0.15) is 10.2 Å². The van der Waals surface area contributed by atoms with E-state index in [9.17, 15) is 14.4 Å². The first kappa shape index (κ1) is 22.0. The normalized spacial score (nSPS) is 13.0. The third-order valence-corrected chi connectivity index (χ3v) is 5.55. The smallest absolute Gasteiger partial charge is 0.247 e. The summed E-state index contributed by atoms with van der Waals surface area (Å²) < 4.78 is 14.7. The van der Waals surface area contributed by atoms with Gasteiger partial charge in [0.05, 0.1) is 29.3 Å². The maximum Gasteiger partial charge on any atom is 0.247 e. The highest BCUT2D eigenvalue weighted by Crippen LogP contribution is 2.24. The van der Waals surface area contributed by atoms with Crippen molar-refractivity contribution in [2.75, 3.05) is 10.6 Å². The van der Waals surface area contributed by atoms with Crippen molar-refractivity contribution < 1.29 is 9.18 Å². The number of halogens is 1. The number of fused-ring (bicyclic) bond motifs is 1. The minimum absolute atomic E-state index is 0.139. The van der Waals surface area contributed by atoms with Gasteiger partial charge >= 0.3 is 0 Å². The van der Waals surface area contributed by atoms with Crippen LogP contribution in [0.1, 0.15) is 24.8 Å². The molecule has 0 fully saturated rings. The molecule has 2 aromatic heterocycles. The number of nitrogens with zero attached hydrogens (tertiary/aromatic N) is 5. The molecule has 0 radical (unpaired) electrons. The molecule has 172 valence electrons. The maximum atomic E-state index is 13.1. The predicted molar refractivity (Wildman–Crippen MR) is 130 cm³/mol. The predicted octanol–water partition coefficient (Wildman–Crippen LogP) is 5.31. The first-order chi connectivity index (χ1) is 17.1. The largest absolute Gasteiger partial charge is 0.326 e. The van der Waals surface area contributed by atoms with Crippen LogP contribution in [0, 0.1) is 11.3 Å². The SMILES string of the molecule is N#Cc1ccccc1Nc1nc2cnc(-c3ccc(NC(=O)CC4=CC=C(F)CC4)cc3)cn2n1. The van der Waals surface area contributed by atoms with E-state index in [1.807, 2.05) is 18.2 Å². The molecule has 2 aromatic carbocycles. The number of carbonyl (C=O) groups excluding carboxylic acids is 1. The summed E-state index contributed by atoms with van der Waals surface area (Å²) in [6.45, 7) is 0. The minimum atomic E-state index is -0.153. The number of anilines is 3. The Labute approximate surface area is 200 Å². The first-order valence-electron chi connectivity index (χ1n) is 11.0. The van der Waals surface area contributed by atoms with E-state index in [0.29, 0.717) is 47.1 Å². The van der Waals surface area contributed by atoms with Crippen molar-refractivity contribution in [2.24, 2.45) is 0 Å². The molecule has 5 rings (SSSR count).